The molecule has 4 rings (SSSR count). The van der Waals surface area contributed by atoms with Gasteiger partial charge in [0.05, 0.1) is 5.52 Å². The molecule has 0 unspecified atom stereocenters. The van der Waals surface area contributed by atoms with E-state index in [4.69, 9.17) is 15.7 Å². The highest BCUT2D eigenvalue weighted by molar-refractivity contribution is 5.94. The number of nitrogens with one attached hydrogen (secondary N) is 1. The Morgan fingerprint density at radius 2 is 1.81 bits per heavy atom. The van der Waals surface area contributed by atoms with Crippen LogP contribution in [0.3, 0.4) is 0 Å². The minimum Gasteiger partial charge on any atom is -0.370 e. The van der Waals surface area contributed by atoms with Gasteiger partial charge in [0.2, 0.25) is 5.91 Å². The van der Waals surface area contributed by atoms with Gasteiger partial charge in [-0.3, -0.25) is 9.78 Å². The first kappa shape index (κ1) is 20.5. The average Bonchev–Trinajstić information content (AvgIpc) is 2.78. The summed E-state index contributed by atoms with van der Waals surface area (Å²) in [6, 6.07) is 18.5. The Labute approximate surface area is 181 Å². The molecule has 0 atom stereocenters. The van der Waals surface area contributed by atoms with Crippen LogP contribution in [-0.4, -0.2) is 27.4 Å². The topological polar surface area (TPSA) is 93.8 Å². The fraction of sp³-hybridized carbons (Fsp3) is 0.200. The molecule has 1 amide bonds. The summed E-state index contributed by atoms with van der Waals surface area (Å²) < 4.78 is 0. The molecule has 0 aliphatic rings. The first-order valence-electron chi connectivity index (χ1n) is 10.4. The Morgan fingerprint density at radius 1 is 0.968 bits per heavy atom. The third-order valence-electron chi connectivity index (χ3n) is 5.11. The third kappa shape index (κ3) is 5.04. The van der Waals surface area contributed by atoms with Crippen molar-refractivity contribution >= 4 is 22.6 Å². The van der Waals surface area contributed by atoms with E-state index in [9.17, 15) is 4.79 Å². The molecule has 0 saturated heterocycles. The van der Waals surface area contributed by atoms with E-state index < -0.39 is 0 Å². The van der Waals surface area contributed by atoms with E-state index in [1.165, 1.54) is 5.56 Å². The van der Waals surface area contributed by atoms with Gasteiger partial charge >= 0.3 is 0 Å². The molecule has 3 N–H and O–H groups in total. The maximum absolute atomic E-state index is 11.0. The van der Waals surface area contributed by atoms with Crippen LogP contribution in [0.15, 0.2) is 67.0 Å². The predicted molar refractivity (Wildman–Crippen MR) is 124 cm³/mol. The molecule has 0 radical (unpaired) electrons. The SMILES string of the molecule is Cc1cccc(-c2ccc3nc(-c4cccnc4)nc(NCCCCC(N)=O)c3c2)c1. The third-order valence-corrected chi connectivity index (χ3v) is 5.11. The molecule has 6 heteroatoms. The summed E-state index contributed by atoms with van der Waals surface area (Å²) in [5.74, 6) is 1.13. The molecular weight excluding hydrogens is 386 g/mol. The van der Waals surface area contributed by atoms with Crippen LogP contribution in [0, 0.1) is 6.92 Å². The molecule has 0 aliphatic carbocycles. The van der Waals surface area contributed by atoms with Crippen molar-refractivity contribution in [3.63, 3.8) is 0 Å². The number of rotatable bonds is 8. The Bertz CT molecular complexity index is 1210. The number of carbonyl (C=O) groups is 1. The lowest BCUT2D eigenvalue weighted by molar-refractivity contribution is -0.118. The van der Waals surface area contributed by atoms with Crippen LogP contribution >= 0.6 is 0 Å². The molecular formula is C25H25N5O. The lowest BCUT2D eigenvalue weighted by Gasteiger charge is -2.12. The number of nitrogens with zero attached hydrogens (tertiary/aromatic N) is 3. The van der Waals surface area contributed by atoms with Gasteiger partial charge in [0.15, 0.2) is 5.82 Å². The van der Waals surface area contributed by atoms with E-state index in [0.717, 1.165) is 46.3 Å². The van der Waals surface area contributed by atoms with Crippen molar-refractivity contribution in [3.8, 4) is 22.5 Å². The van der Waals surface area contributed by atoms with Crippen molar-refractivity contribution in [2.75, 3.05) is 11.9 Å². The zero-order valence-corrected chi connectivity index (χ0v) is 17.5. The number of anilines is 1. The molecule has 0 bridgehead atoms. The number of hydrogen-bond donors (Lipinski definition) is 2. The standard InChI is InChI=1S/C25H25N5O/c1-17-6-4-7-18(14-17)19-10-11-22-21(15-19)25(28-13-3-2-9-23(26)31)30-24(29-22)20-8-5-12-27-16-20/h4-8,10-12,14-16H,2-3,9,13H2,1H3,(H2,26,31)(H,28,29,30). The first-order chi connectivity index (χ1) is 15.1. The summed E-state index contributed by atoms with van der Waals surface area (Å²) in [6.45, 7) is 2.79. The van der Waals surface area contributed by atoms with Crippen molar-refractivity contribution in [3.05, 3.63) is 72.6 Å². The fourth-order valence-electron chi connectivity index (χ4n) is 3.52. The number of aryl methyl sites for hydroxylation is 1. The van der Waals surface area contributed by atoms with Crippen molar-refractivity contribution in [1.82, 2.24) is 15.0 Å². The highest BCUT2D eigenvalue weighted by Gasteiger charge is 2.11. The zero-order chi connectivity index (χ0) is 21.6. The predicted octanol–water partition coefficient (Wildman–Crippen LogP) is 4.73. The second-order valence-corrected chi connectivity index (χ2v) is 7.59. The molecule has 6 nitrogen and oxygen atoms in total. The van der Waals surface area contributed by atoms with Crippen LogP contribution < -0.4 is 11.1 Å². The van der Waals surface area contributed by atoms with Gasteiger partial charge in [-0.25, -0.2) is 9.97 Å². The molecule has 0 spiro atoms. The van der Waals surface area contributed by atoms with Gasteiger partial charge in [-0.2, -0.15) is 0 Å². The highest BCUT2D eigenvalue weighted by Crippen LogP contribution is 2.30. The van der Waals surface area contributed by atoms with Gasteiger partial charge in [-0.05, 0) is 55.2 Å². The first-order valence-corrected chi connectivity index (χ1v) is 10.4. The van der Waals surface area contributed by atoms with Crippen LogP contribution in [0.4, 0.5) is 5.82 Å². The Hall–Kier alpha value is -3.80. The van der Waals surface area contributed by atoms with E-state index in [-0.39, 0.29) is 5.91 Å². The number of amides is 1. The normalized spacial score (nSPS) is 10.9. The Kier molecular flexibility index (Phi) is 6.17. The molecule has 0 saturated carbocycles. The number of nitrogens with two attached hydrogens (primary N) is 1. The second kappa shape index (κ2) is 9.34. The average molecular weight is 412 g/mol. The van der Waals surface area contributed by atoms with Crippen molar-refractivity contribution in [2.24, 2.45) is 5.73 Å². The lowest BCUT2D eigenvalue weighted by atomic mass is 10.0. The van der Waals surface area contributed by atoms with Gasteiger partial charge in [0.25, 0.3) is 0 Å². The monoisotopic (exact) mass is 411 g/mol. The minimum absolute atomic E-state index is 0.269. The molecule has 2 heterocycles. The number of benzene rings is 2. The number of carbonyl (C=O) groups excluding carboxylic acids is 1. The Balaban J connectivity index is 1.71. The molecule has 4 aromatic rings. The van der Waals surface area contributed by atoms with Crippen LogP contribution in [0.2, 0.25) is 0 Å². The van der Waals surface area contributed by atoms with E-state index >= 15 is 0 Å². The number of unbranched alkanes of at least 4 members (excludes halogenated alkanes) is 1. The number of hydrogen-bond acceptors (Lipinski definition) is 5. The summed E-state index contributed by atoms with van der Waals surface area (Å²) in [7, 11) is 0. The van der Waals surface area contributed by atoms with E-state index in [1.54, 1.807) is 12.4 Å². The van der Waals surface area contributed by atoms with Gasteiger partial charge in [0, 0.05) is 36.3 Å². The summed E-state index contributed by atoms with van der Waals surface area (Å²) >= 11 is 0. The largest absolute Gasteiger partial charge is 0.370 e. The molecule has 2 aromatic carbocycles. The van der Waals surface area contributed by atoms with E-state index in [2.05, 4.69) is 53.6 Å². The number of pyridine rings is 1. The van der Waals surface area contributed by atoms with Crippen molar-refractivity contribution in [1.29, 1.82) is 0 Å². The van der Waals surface area contributed by atoms with E-state index in [0.29, 0.717) is 18.8 Å². The van der Waals surface area contributed by atoms with Crippen LogP contribution in [0.1, 0.15) is 24.8 Å². The Morgan fingerprint density at radius 3 is 2.58 bits per heavy atom. The molecule has 31 heavy (non-hydrogen) atoms. The van der Waals surface area contributed by atoms with Crippen LogP contribution in [0.5, 0.6) is 0 Å². The molecule has 0 aliphatic heterocycles. The number of fused-ring (bicyclic) bond motifs is 1. The maximum Gasteiger partial charge on any atom is 0.217 e. The quantitative estimate of drug-likeness (QED) is 0.409. The molecule has 2 aromatic heterocycles. The summed E-state index contributed by atoms with van der Waals surface area (Å²) in [5, 5.41) is 4.40. The van der Waals surface area contributed by atoms with Gasteiger partial charge in [-0.15, -0.1) is 0 Å². The molecule has 156 valence electrons. The number of aromatic nitrogens is 3. The minimum atomic E-state index is -0.269. The zero-order valence-electron chi connectivity index (χ0n) is 17.5. The fourth-order valence-corrected chi connectivity index (χ4v) is 3.52. The number of primary amides is 1. The molecule has 0 fully saturated rings. The van der Waals surface area contributed by atoms with Gasteiger partial charge in [-0.1, -0.05) is 35.9 Å². The van der Waals surface area contributed by atoms with Crippen LogP contribution in [0.25, 0.3) is 33.4 Å². The highest BCUT2D eigenvalue weighted by atomic mass is 16.1. The lowest BCUT2D eigenvalue weighted by Crippen LogP contribution is -2.11. The second-order valence-electron chi connectivity index (χ2n) is 7.59. The summed E-state index contributed by atoms with van der Waals surface area (Å²) in [6.07, 6.45) is 5.46. The summed E-state index contributed by atoms with van der Waals surface area (Å²) in [5.41, 5.74) is 10.5. The van der Waals surface area contributed by atoms with Crippen molar-refractivity contribution in [2.45, 2.75) is 26.2 Å². The van der Waals surface area contributed by atoms with Crippen LogP contribution in [-0.2, 0) is 4.79 Å². The van der Waals surface area contributed by atoms with Gasteiger partial charge in [0.1, 0.15) is 5.82 Å². The van der Waals surface area contributed by atoms with Gasteiger partial charge < -0.3 is 11.1 Å². The summed E-state index contributed by atoms with van der Waals surface area (Å²) in [4.78, 5) is 24.7. The van der Waals surface area contributed by atoms with Crippen molar-refractivity contribution < 1.29 is 4.79 Å². The smallest absolute Gasteiger partial charge is 0.217 e. The van der Waals surface area contributed by atoms with E-state index in [1.807, 2.05) is 18.2 Å². The maximum atomic E-state index is 11.0.